The summed E-state index contributed by atoms with van der Waals surface area (Å²) in [6.07, 6.45) is 5.44. The van der Waals surface area contributed by atoms with Crippen molar-refractivity contribution in [3.63, 3.8) is 0 Å². The predicted octanol–water partition coefficient (Wildman–Crippen LogP) is 2.71. The first-order chi connectivity index (χ1) is 8.36. The number of hydrogen-bond donors (Lipinski definition) is 1. The van der Waals surface area contributed by atoms with Gasteiger partial charge in [0, 0.05) is 18.6 Å². The van der Waals surface area contributed by atoms with E-state index in [0.29, 0.717) is 6.04 Å². The molecule has 2 nitrogen and oxygen atoms in total. The van der Waals surface area contributed by atoms with Gasteiger partial charge in [0.15, 0.2) is 0 Å². The number of nitrogens with zero attached hydrogens (tertiary/aromatic N) is 1. The molecular formula is C15H22N2. The third-order valence-corrected chi connectivity index (χ3v) is 4.47. The molecule has 1 fully saturated rings. The largest absolute Gasteiger partial charge is 0.313 e. The summed E-state index contributed by atoms with van der Waals surface area (Å²) in [5, 5.41) is 3.54. The number of hydrogen-bond acceptors (Lipinski definition) is 2. The zero-order valence-corrected chi connectivity index (χ0v) is 10.7. The Morgan fingerprint density at radius 3 is 2.76 bits per heavy atom. The van der Waals surface area contributed by atoms with E-state index in [2.05, 4.69) is 41.5 Å². The Morgan fingerprint density at radius 2 is 2.00 bits per heavy atom. The van der Waals surface area contributed by atoms with Crippen molar-refractivity contribution in [2.45, 2.75) is 44.3 Å². The van der Waals surface area contributed by atoms with Crippen LogP contribution in [0, 0.1) is 0 Å². The molecule has 1 aromatic rings. The molecule has 0 radical (unpaired) electrons. The number of benzene rings is 1. The van der Waals surface area contributed by atoms with Crippen LogP contribution in [0.25, 0.3) is 0 Å². The monoisotopic (exact) mass is 230 g/mol. The Balaban J connectivity index is 1.87. The molecule has 1 heterocycles. The molecule has 1 aromatic carbocycles. The van der Waals surface area contributed by atoms with Crippen molar-refractivity contribution in [1.29, 1.82) is 0 Å². The zero-order valence-electron chi connectivity index (χ0n) is 10.7. The first-order valence-corrected chi connectivity index (χ1v) is 6.87. The third-order valence-electron chi connectivity index (χ3n) is 4.47. The highest BCUT2D eigenvalue weighted by atomic mass is 15.2. The van der Waals surface area contributed by atoms with E-state index >= 15 is 0 Å². The van der Waals surface area contributed by atoms with E-state index < -0.39 is 0 Å². The standard InChI is InChI=1S/C15H22N2/c1-17(13-6-4-7-13)15-9-10-16-11-12-5-2-3-8-14(12)15/h2-3,5,8,13,15-16H,4,6-7,9-11H2,1H3. The molecule has 0 saturated heterocycles. The Bertz CT molecular complexity index is 384. The number of nitrogens with one attached hydrogen (secondary N) is 1. The number of fused-ring (bicyclic) bond motifs is 1. The lowest BCUT2D eigenvalue weighted by molar-refractivity contribution is 0.106. The summed E-state index contributed by atoms with van der Waals surface area (Å²) in [4.78, 5) is 2.62. The van der Waals surface area contributed by atoms with Crippen LogP contribution in [0.1, 0.15) is 42.9 Å². The highest BCUT2D eigenvalue weighted by Gasteiger charge is 2.29. The summed E-state index contributed by atoms with van der Waals surface area (Å²) < 4.78 is 0. The van der Waals surface area contributed by atoms with Gasteiger partial charge < -0.3 is 5.32 Å². The average Bonchev–Trinajstić information content (AvgIpc) is 2.48. The van der Waals surface area contributed by atoms with Gasteiger partial charge in [-0.25, -0.2) is 0 Å². The fourth-order valence-electron chi connectivity index (χ4n) is 3.11. The van der Waals surface area contributed by atoms with Gasteiger partial charge >= 0.3 is 0 Å². The van der Waals surface area contributed by atoms with Gasteiger partial charge in [-0.15, -0.1) is 0 Å². The van der Waals surface area contributed by atoms with Gasteiger partial charge in [0.05, 0.1) is 0 Å². The van der Waals surface area contributed by atoms with Crippen LogP contribution in [0.3, 0.4) is 0 Å². The lowest BCUT2D eigenvalue weighted by Gasteiger charge is -2.40. The molecule has 0 aromatic heterocycles. The summed E-state index contributed by atoms with van der Waals surface area (Å²) in [5.74, 6) is 0. The van der Waals surface area contributed by atoms with E-state index in [1.54, 1.807) is 5.56 Å². The highest BCUT2D eigenvalue weighted by Crippen LogP contribution is 2.34. The molecule has 1 atom stereocenters. The van der Waals surface area contributed by atoms with Gasteiger partial charge in [0.1, 0.15) is 0 Å². The molecule has 1 saturated carbocycles. The Morgan fingerprint density at radius 1 is 1.18 bits per heavy atom. The van der Waals surface area contributed by atoms with E-state index in [1.807, 2.05) is 0 Å². The summed E-state index contributed by atoms with van der Waals surface area (Å²) >= 11 is 0. The SMILES string of the molecule is CN(C1CCC1)C1CCNCc2ccccc21. The molecule has 2 heteroatoms. The van der Waals surface area contributed by atoms with Crippen LogP contribution in [-0.2, 0) is 6.54 Å². The normalized spacial score (nSPS) is 25.2. The van der Waals surface area contributed by atoms with E-state index in [0.717, 1.165) is 19.1 Å². The molecule has 1 aliphatic carbocycles. The molecular weight excluding hydrogens is 208 g/mol. The first-order valence-electron chi connectivity index (χ1n) is 6.87. The second-order valence-electron chi connectivity index (χ2n) is 5.43. The van der Waals surface area contributed by atoms with Crippen LogP contribution in [0.5, 0.6) is 0 Å². The Kier molecular flexibility index (Phi) is 3.17. The molecule has 3 rings (SSSR count). The Labute approximate surface area is 104 Å². The molecule has 92 valence electrons. The molecule has 1 N–H and O–H groups in total. The molecule has 2 aliphatic rings. The summed E-state index contributed by atoms with van der Waals surface area (Å²) in [5.41, 5.74) is 3.04. The van der Waals surface area contributed by atoms with Crippen LogP contribution < -0.4 is 5.32 Å². The summed E-state index contributed by atoms with van der Waals surface area (Å²) in [6, 6.07) is 10.4. The van der Waals surface area contributed by atoms with Crippen molar-refractivity contribution in [2.75, 3.05) is 13.6 Å². The fraction of sp³-hybridized carbons (Fsp3) is 0.600. The van der Waals surface area contributed by atoms with Crippen molar-refractivity contribution < 1.29 is 0 Å². The van der Waals surface area contributed by atoms with E-state index in [4.69, 9.17) is 0 Å². The topological polar surface area (TPSA) is 15.3 Å². The van der Waals surface area contributed by atoms with Gasteiger partial charge in [-0.3, -0.25) is 4.90 Å². The van der Waals surface area contributed by atoms with Gasteiger partial charge in [-0.2, -0.15) is 0 Å². The highest BCUT2D eigenvalue weighted by molar-refractivity contribution is 5.31. The molecule has 0 bridgehead atoms. The molecule has 0 spiro atoms. The van der Waals surface area contributed by atoms with Crippen molar-refractivity contribution >= 4 is 0 Å². The Hall–Kier alpha value is -0.860. The minimum atomic E-state index is 0.617. The summed E-state index contributed by atoms with van der Waals surface area (Å²) in [7, 11) is 2.32. The van der Waals surface area contributed by atoms with Crippen molar-refractivity contribution in [2.24, 2.45) is 0 Å². The lowest BCUT2D eigenvalue weighted by Crippen LogP contribution is -2.40. The molecule has 17 heavy (non-hydrogen) atoms. The summed E-state index contributed by atoms with van der Waals surface area (Å²) in [6.45, 7) is 2.17. The lowest BCUT2D eigenvalue weighted by atomic mass is 9.88. The number of rotatable bonds is 2. The van der Waals surface area contributed by atoms with Crippen LogP contribution in [-0.4, -0.2) is 24.5 Å². The van der Waals surface area contributed by atoms with Crippen LogP contribution in [0.15, 0.2) is 24.3 Å². The van der Waals surface area contributed by atoms with Gasteiger partial charge in [-0.1, -0.05) is 30.7 Å². The quantitative estimate of drug-likeness (QED) is 0.840. The zero-order chi connectivity index (χ0) is 11.7. The first kappa shape index (κ1) is 11.2. The maximum absolute atomic E-state index is 3.54. The van der Waals surface area contributed by atoms with E-state index in [-0.39, 0.29) is 0 Å². The second-order valence-corrected chi connectivity index (χ2v) is 5.43. The maximum Gasteiger partial charge on any atom is 0.0363 e. The van der Waals surface area contributed by atoms with E-state index in [1.165, 1.54) is 31.2 Å². The van der Waals surface area contributed by atoms with Crippen LogP contribution in [0.2, 0.25) is 0 Å². The van der Waals surface area contributed by atoms with Crippen molar-refractivity contribution in [1.82, 2.24) is 10.2 Å². The van der Waals surface area contributed by atoms with Crippen molar-refractivity contribution in [3.05, 3.63) is 35.4 Å². The molecule has 1 unspecified atom stereocenters. The maximum atomic E-state index is 3.54. The van der Waals surface area contributed by atoms with Gasteiger partial charge in [0.25, 0.3) is 0 Å². The van der Waals surface area contributed by atoms with Crippen LogP contribution >= 0.6 is 0 Å². The average molecular weight is 230 g/mol. The minimum absolute atomic E-state index is 0.617. The predicted molar refractivity (Wildman–Crippen MR) is 70.9 cm³/mol. The smallest absolute Gasteiger partial charge is 0.0363 e. The second kappa shape index (κ2) is 4.79. The third kappa shape index (κ3) is 2.12. The van der Waals surface area contributed by atoms with Crippen molar-refractivity contribution in [3.8, 4) is 0 Å². The van der Waals surface area contributed by atoms with Crippen LogP contribution in [0.4, 0.5) is 0 Å². The molecule has 1 aliphatic heterocycles. The molecule has 0 amide bonds. The van der Waals surface area contributed by atoms with Gasteiger partial charge in [0.2, 0.25) is 0 Å². The fourth-order valence-corrected chi connectivity index (χ4v) is 3.11. The van der Waals surface area contributed by atoms with Gasteiger partial charge in [-0.05, 0) is 44.0 Å². The van der Waals surface area contributed by atoms with E-state index in [9.17, 15) is 0 Å². The minimum Gasteiger partial charge on any atom is -0.313 e.